The smallest absolute Gasteiger partial charge is 0.421 e. The highest BCUT2D eigenvalue weighted by atomic mass is 35.5. The van der Waals surface area contributed by atoms with Gasteiger partial charge in [-0.2, -0.15) is 0 Å². The van der Waals surface area contributed by atoms with Crippen LogP contribution in [0.1, 0.15) is 22.4 Å². The fraction of sp³-hybridized carbons (Fsp3) is 0.357. The number of thiazole rings is 1. The van der Waals surface area contributed by atoms with Crippen LogP contribution in [-0.2, 0) is 28.8 Å². The van der Waals surface area contributed by atoms with Crippen molar-refractivity contribution in [2.45, 2.75) is 26.2 Å². The number of carbonyl (C=O) groups excluding carboxylic acids is 2. The van der Waals surface area contributed by atoms with Crippen molar-refractivity contribution in [1.82, 2.24) is 10.4 Å². The lowest BCUT2D eigenvalue weighted by atomic mass is 10.2. The molecule has 24 heavy (non-hydrogen) atoms. The van der Waals surface area contributed by atoms with Gasteiger partial charge in [0, 0.05) is 28.5 Å². The van der Waals surface area contributed by atoms with Gasteiger partial charge in [0.05, 0.1) is 12.3 Å². The van der Waals surface area contributed by atoms with Crippen LogP contribution in [0.25, 0.3) is 0 Å². The van der Waals surface area contributed by atoms with E-state index in [-0.39, 0.29) is 18.3 Å². The summed E-state index contributed by atoms with van der Waals surface area (Å²) in [6.07, 6.45) is 1.75. The Hall–Kier alpha value is -1.68. The number of anilines is 1. The standard InChI is InChI=1S/C14H18N4O3S2.ClH/c1-9(19)16-13-17-10(8-22-13)2-3-11-4-5-12(23-11)6-7-21-14(20)18-15;/h4-5,8H,2-3,6-7,15H2,1H3,(H,18,20)(H,16,17,19);1H. The molecule has 0 fully saturated rings. The number of carbonyl (C=O) groups is 2. The van der Waals surface area contributed by atoms with Crippen LogP contribution in [0, 0.1) is 0 Å². The van der Waals surface area contributed by atoms with Crippen molar-refractivity contribution in [3.63, 3.8) is 0 Å². The van der Waals surface area contributed by atoms with E-state index in [9.17, 15) is 9.59 Å². The second-order valence-corrected chi connectivity index (χ2v) is 6.83. The lowest BCUT2D eigenvalue weighted by Gasteiger charge is -2.01. The Labute approximate surface area is 154 Å². The van der Waals surface area contributed by atoms with E-state index >= 15 is 0 Å². The zero-order valence-corrected chi connectivity index (χ0v) is 15.5. The third kappa shape index (κ3) is 6.83. The molecule has 0 aliphatic heterocycles. The van der Waals surface area contributed by atoms with Gasteiger partial charge in [-0.15, -0.1) is 35.1 Å². The molecule has 2 aromatic heterocycles. The van der Waals surface area contributed by atoms with E-state index in [4.69, 9.17) is 10.6 Å². The fourth-order valence-electron chi connectivity index (χ4n) is 1.86. The monoisotopic (exact) mass is 390 g/mol. The number of hydrogen-bond acceptors (Lipinski definition) is 7. The minimum atomic E-state index is -0.625. The van der Waals surface area contributed by atoms with Gasteiger partial charge >= 0.3 is 6.09 Å². The summed E-state index contributed by atoms with van der Waals surface area (Å²) < 4.78 is 4.86. The molecule has 2 rings (SSSR count). The first kappa shape index (κ1) is 20.4. The number of amides is 2. The van der Waals surface area contributed by atoms with Crippen molar-refractivity contribution in [3.05, 3.63) is 33.0 Å². The minimum Gasteiger partial charge on any atom is -0.448 e. The number of nitrogens with zero attached hydrogens (tertiary/aromatic N) is 1. The van der Waals surface area contributed by atoms with Gasteiger partial charge in [0.15, 0.2) is 5.13 Å². The summed E-state index contributed by atoms with van der Waals surface area (Å²) in [6.45, 7) is 1.77. The molecule has 0 radical (unpaired) electrons. The molecule has 7 nitrogen and oxygen atoms in total. The molecular weight excluding hydrogens is 372 g/mol. The van der Waals surface area contributed by atoms with Crippen molar-refractivity contribution >= 4 is 52.2 Å². The molecule has 2 amide bonds. The van der Waals surface area contributed by atoms with Crippen LogP contribution < -0.4 is 16.6 Å². The highest BCUT2D eigenvalue weighted by molar-refractivity contribution is 7.14. The van der Waals surface area contributed by atoms with Gasteiger partial charge in [0.1, 0.15) is 0 Å². The van der Waals surface area contributed by atoms with E-state index in [0.29, 0.717) is 18.2 Å². The van der Waals surface area contributed by atoms with Crippen LogP contribution in [0.2, 0.25) is 0 Å². The second kappa shape index (κ2) is 10.2. The van der Waals surface area contributed by atoms with Crippen LogP contribution in [-0.4, -0.2) is 23.6 Å². The van der Waals surface area contributed by atoms with E-state index in [2.05, 4.69) is 16.4 Å². The number of hydrogen-bond donors (Lipinski definition) is 3. The molecule has 0 atom stereocenters. The van der Waals surface area contributed by atoms with Gasteiger partial charge < -0.3 is 10.1 Å². The van der Waals surface area contributed by atoms with Gasteiger partial charge in [-0.05, 0) is 25.0 Å². The molecule has 0 bridgehead atoms. The number of thiophene rings is 1. The van der Waals surface area contributed by atoms with E-state index in [1.165, 1.54) is 23.1 Å². The number of hydrazine groups is 1. The van der Waals surface area contributed by atoms with Gasteiger partial charge in [0.2, 0.25) is 5.91 Å². The minimum absolute atomic E-state index is 0. The summed E-state index contributed by atoms with van der Waals surface area (Å²) in [5.41, 5.74) is 2.89. The number of halogens is 1. The van der Waals surface area contributed by atoms with E-state index < -0.39 is 6.09 Å². The molecule has 0 saturated heterocycles. The first-order chi connectivity index (χ1) is 11.1. The van der Waals surface area contributed by atoms with Crippen LogP contribution in [0.3, 0.4) is 0 Å². The van der Waals surface area contributed by atoms with E-state index in [1.807, 2.05) is 16.9 Å². The van der Waals surface area contributed by atoms with Gasteiger partial charge in [-0.1, -0.05) is 0 Å². The zero-order valence-electron chi connectivity index (χ0n) is 13.0. The Morgan fingerprint density at radius 1 is 1.25 bits per heavy atom. The Bertz CT molecular complexity index is 675. The van der Waals surface area contributed by atoms with E-state index in [0.717, 1.165) is 23.4 Å². The second-order valence-electron chi connectivity index (χ2n) is 4.72. The molecule has 0 unspecified atom stereocenters. The molecule has 0 spiro atoms. The summed E-state index contributed by atoms with van der Waals surface area (Å²) in [4.78, 5) is 28.6. The average molecular weight is 391 g/mol. The maximum absolute atomic E-state index is 11.0. The van der Waals surface area contributed by atoms with Crippen molar-refractivity contribution in [2.24, 2.45) is 5.84 Å². The Kier molecular flexibility index (Phi) is 8.69. The topological polar surface area (TPSA) is 106 Å². The predicted octanol–water partition coefficient (Wildman–Crippen LogP) is 2.51. The van der Waals surface area contributed by atoms with Crippen LogP contribution in [0.5, 0.6) is 0 Å². The summed E-state index contributed by atoms with van der Waals surface area (Å²) in [6, 6.07) is 4.11. The summed E-state index contributed by atoms with van der Waals surface area (Å²) in [5.74, 6) is 4.82. The van der Waals surface area contributed by atoms with Gasteiger partial charge in [-0.25, -0.2) is 15.6 Å². The number of aryl methyl sites for hydroxylation is 2. The number of rotatable bonds is 7. The molecule has 132 valence electrons. The molecule has 0 aliphatic rings. The molecule has 0 aliphatic carbocycles. The molecule has 2 aromatic rings. The molecule has 0 aromatic carbocycles. The molecular formula is C14H19ClN4O3S2. The normalized spacial score (nSPS) is 9.92. The number of ether oxygens (including phenoxy) is 1. The first-order valence-corrected chi connectivity index (χ1v) is 8.69. The molecule has 4 N–H and O–H groups in total. The van der Waals surface area contributed by atoms with Crippen LogP contribution in [0.15, 0.2) is 17.5 Å². The quantitative estimate of drug-likeness (QED) is 0.382. The molecule has 0 saturated carbocycles. The van der Waals surface area contributed by atoms with Crippen molar-refractivity contribution < 1.29 is 14.3 Å². The largest absolute Gasteiger partial charge is 0.448 e. The average Bonchev–Trinajstić information content (AvgIpc) is 3.13. The Balaban J connectivity index is 0.00000288. The molecule has 2 heterocycles. The summed E-state index contributed by atoms with van der Waals surface area (Å²) in [5, 5.41) is 5.27. The SMILES string of the molecule is CC(=O)Nc1nc(CCc2ccc(CCOC(=O)NN)s2)cs1.Cl. The van der Waals surface area contributed by atoms with E-state index in [1.54, 1.807) is 11.3 Å². The van der Waals surface area contributed by atoms with Crippen molar-refractivity contribution in [2.75, 3.05) is 11.9 Å². The van der Waals surface area contributed by atoms with Crippen molar-refractivity contribution in [1.29, 1.82) is 0 Å². The fourth-order valence-corrected chi connectivity index (χ4v) is 3.65. The lowest BCUT2D eigenvalue weighted by Crippen LogP contribution is -2.31. The van der Waals surface area contributed by atoms with Gasteiger partial charge in [-0.3, -0.25) is 10.2 Å². The zero-order chi connectivity index (χ0) is 16.7. The Morgan fingerprint density at radius 3 is 2.62 bits per heavy atom. The van der Waals surface area contributed by atoms with Crippen molar-refractivity contribution in [3.8, 4) is 0 Å². The third-order valence-corrected chi connectivity index (χ3v) is 4.89. The highest BCUT2D eigenvalue weighted by Crippen LogP contribution is 2.21. The number of nitrogens with two attached hydrogens (primary N) is 1. The maximum atomic E-state index is 11.0. The number of nitrogens with one attached hydrogen (secondary N) is 2. The highest BCUT2D eigenvalue weighted by Gasteiger charge is 2.06. The lowest BCUT2D eigenvalue weighted by molar-refractivity contribution is -0.114. The van der Waals surface area contributed by atoms with Crippen LogP contribution >= 0.6 is 35.1 Å². The first-order valence-electron chi connectivity index (χ1n) is 7.00. The van der Waals surface area contributed by atoms with Gasteiger partial charge in [0.25, 0.3) is 0 Å². The number of aromatic nitrogens is 1. The summed E-state index contributed by atoms with van der Waals surface area (Å²) >= 11 is 3.12. The predicted molar refractivity (Wildman–Crippen MR) is 97.8 cm³/mol. The molecule has 10 heteroatoms. The Morgan fingerprint density at radius 2 is 1.96 bits per heavy atom. The summed E-state index contributed by atoms with van der Waals surface area (Å²) in [7, 11) is 0. The third-order valence-electron chi connectivity index (χ3n) is 2.88. The maximum Gasteiger partial charge on any atom is 0.421 e. The van der Waals surface area contributed by atoms with Crippen LogP contribution in [0.4, 0.5) is 9.93 Å².